The van der Waals surface area contributed by atoms with Crippen molar-refractivity contribution in [3.05, 3.63) is 86.6 Å². The molecular formula is C22H16Cl2N4O4. The number of ether oxygens (including phenoxy) is 1. The molecule has 0 aliphatic heterocycles. The lowest BCUT2D eigenvalue weighted by Gasteiger charge is -2.11. The zero-order valence-electron chi connectivity index (χ0n) is 16.7. The maximum Gasteiger partial charge on any atom is 0.274 e. The van der Waals surface area contributed by atoms with E-state index in [2.05, 4.69) is 15.3 Å². The first-order valence-corrected chi connectivity index (χ1v) is 10.1. The minimum Gasteiger partial charge on any atom is -0.504 e. The van der Waals surface area contributed by atoms with E-state index in [0.717, 1.165) is 5.56 Å². The van der Waals surface area contributed by atoms with Gasteiger partial charge in [-0.05, 0) is 35.9 Å². The Kier molecular flexibility index (Phi) is 5.98. The normalized spacial score (nSPS) is 10.8. The molecule has 32 heavy (non-hydrogen) atoms. The van der Waals surface area contributed by atoms with E-state index in [4.69, 9.17) is 27.9 Å². The molecule has 0 aliphatic carbocycles. The molecule has 4 rings (SSSR count). The van der Waals surface area contributed by atoms with E-state index in [9.17, 15) is 14.7 Å². The highest BCUT2D eigenvalue weighted by Crippen LogP contribution is 2.30. The standard InChI is InChI=1S/C22H16Cl2N4O4/c1-32-13-5-2-4-12(8-13)10-28-11-25-15-6-3-7-16(18(15)22(28)31)27-21(30)17-9-14(23)19(29)20(24)26-17/h2-9,11,29H,10H2,1H3,(H,27,30). The number of carbonyl (C=O) groups excluding carboxylic acids is 1. The number of rotatable bonds is 5. The lowest BCUT2D eigenvalue weighted by molar-refractivity contribution is 0.102. The molecule has 0 saturated heterocycles. The molecule has 8 nitrogen and oxygen atoms in total. The number of benzene rings is 2. The highest BCUT2D eigenvalue weighted by atomic mass is 35.5. The summed E-state index contributed by atoms with van der Waals surface area (Å²) in [6.07, 6.45) is 1.46. The first-order chi connectivity index (χ1) is 15.4. The van der Waals surface area contributed by atoms with E-state index in [1.165, 1.54) is 17.0 Å². The fourth-order valence-corrected chi connectivity index (χ4v) is 3.60. The summed E-state index contributed by atoms with van der Waals surface area (Å²) in [5.41, 5.74) is 1.09. The molecule has 2 heterocycles. The van der Waals surface area contributed by atoms with Gasteiger partial charge in [-0.2, -0.15) is 0 Å². The molecule has 2 aromatic heterocycles. The van der Waals surface area contributed by atoms with Crippen molar-refractivity contribution in [3.63, 3.8) is 0 Å². The van der Waals surface area contributed by atoms with Crippen LogP contribution in [-0.2, 0) is 6.54 Å². The van der Waals surface area contributed by atoms with E-state index in [0.29, 0.717) is 11.3 Å². The summed E-state index contributed by atoms with van der Waals surface area (Å²) in [7, 11) is 1.57. The smallest absolute Gasteiger partial charge is 0.274 e. The van der Waals surface area contributed by atoms with Crippen LogP contribution in [0.5, 0.6) is 11.5 Å². The Labute approximate surface area is 192 Å². The number of nitrogens with one attached hydrogen (secondary N) is 1. The fraction of sp³-hybridized carbons (Fsp3) is 0.0909. The lowest BCUT2D eigenvalue weighted by atomic mass is 10.2. The minimum atomic E-state index is -0.649. The lowest BCUT2D eigenvalue weighted by Crippen LogP contribution is -2.23. The Morgan fingerprint density at radius 1 is 1.19 bits per heavy atom. The molecule has 2 aromatic carbocycles. The van der Waals surface area contributed by atoms with Crippen molar-refractivity contribution in [1.82, 2.24) is 14.5 Å². The van der Waals surface area contributed by atoms with Gasteiger partial charge in [-0.1, -0.05) is 41.4 Å². The van der Waals surface area contributed by atoms with E-state index in [-0.39, 0.29) is 39.0 Å². The number of nitrogens with zero attached hydrogens (tertiary/aromatic N) is 3. The van der Waals surface area contributed by atoms with Crippen LogP contribution in [0.4, 0.5) is 5.69 Å². The molecule has 0 fully saturated rings. The minimum absolute atomic E-state index is 0.115. The third kappa shape index (κ3) is 4.23. The monoisotopic (exact) mass is 470 g/mol. The van der Waals surface area contributed by atoms with Crippen LogP contribution in [0.2, 0.25) is 10.2 Å². The first kappa shape index (κ1) is 21.6. The van der Waals surface area contributed by atoms with Gasteiger partial charge in [0.1, 0.15) is 11.4 Å². The zero-order chi connectivity index (χ0) is 22.8. The van der Waals surface area contributed by atoms with Crippen LogP contribution < -0.4 is 15.6 Å². The molecule has 0 spiro atoms. The van der Waals surface area contributed by atoms with Crippen LogP contribution in [0.1, 0.15) is 16.1 Å². The summed E-state index contributed by atoms with van der Waals surface area (Å²) in [6, 6.07) is 13.5. The second-order valence-electron chi connectivity index (χ2n) is 6.81. The molecule has 2 N–H and O–H groups in total. The topological polar surface area (TPSA) is 106 Å². The third-order valence-corrected chi connectivity index (χ3v) is 5.28. The molecule has 0 aliphatic rings. The van der Waals surface area contributed by atoms with Crippen molar-refractivity contribution in [2.45, 2.75) is 6.54 Å². The summed E-state index contributed by atoms with van der Waals surface area (Å²) in [5, 5.41) is 12.1. The summed E-state index contributed by atoms with van der Waals surface area (Å²) in [6.45, 7) is 0.270. The van der Waals surface area contributed by atoms with E-state index < -0.39 is 11.7 Å². The largest absolute Gasteiger partial charge is 0.504 e. The third-order valence-electron chi connectivity index (χ3n) is 4.72. The molecule has 0 atom stereocenters. The molecular weight excluding hydrogens is 455 g/mol. The van der Waals surface area contributed by atoms with Crippen molar-refractivity contribution in [2.75, 3.05) is 12.4 Å². The van der Waals surface area contributed by atoms with Crippen LogP contribution in [0.25, 0.3) is 10.9 Å². The summed E-state index contributed by atoms with van der Waals surface area (Å²) in [5.74, 6) is -0.389. The molecule has 1 amide bonds. The summed E-state index contributed by atoms with van der Waals surface area (Å²) >= 11 is 11.7. The Hall–Kier alpha value is -3.62. The van der Waals surface area contributed by atoms with E-state index >= 15 is 0 Å². The number of hydrogen-bond donors (Lipinski definition) is 2. The van der Waals surface area contributed by atoms with Gasteiger partial charge in [0.25, 0.3) is 11.5 Å². The van der Waals surface area contributed by atoms with E-state index in [1.54, 1.807) is 25.3 Å². The van der Waals surface area contributed by atoms with Crippen LogP contribution in [0.15, 0.2) is 59.7 Å². The molecule has 0 bridgehead atoms. The molecule has 0 saturated carbocycles. The fourth-order valence-electron chi connectivity index (χ4n) is 3.17. The molecule has 0 unspecified atom stereocenters. The number of halogens is 2. The van der Waals surface area contributed by atoms with E-state index in [1.807, 2.05) is 24.3 Å². The van der Waals surface area contributed by atoms with Gasteiger partial charge in [0.15, 0.2) is 10.9 Å². The first-order valence-electron chi connectivity index (χ1n) is 9.35. The second-order valence-corrected chi connectivity index (χ2v) is 7.58. The average molecular weight is 471 g/mol. The van der Waals surface area contributed by atoms with Crippen molar-refractivity contribution in [3.8, 4) is 11.5 Å². The quantitative estimate of drug-likeness (QED) is 0.425. The van der Waals surface area contributed by atoms with Crippen molar-refractivity contribution < 1.29 is 14.6 Å². The molecule has 0 radical (unpaired) electrons. The van der Waals surface area contributed by atoms with Crippen molar-refractivity contribution in [2.24, 2.45) is 0 Å². The maximum atomic E-state index is 13.2. The molecule has 10 heteroatoms. The van der Waals surface area contributed by atoms with Gasteiger partial charge in [-0.25, -0.2) is 9.97 Å². The number of anilines is 1. The maximum absolute atomic E-state index is 13.2. The van der Waals surface area contributed by atoms with Gasteiger partial charge in [0, 0.05) is 0 Å². The van der Waals surface area contributed by atoms with Gasteiger partial charge in [-0.15, -0.1) is 0 Å². The number of pyridine rings is 1. The van der Waals surface area contributed by atoms with Crippen LogP contribution in [0.3, 0.4) is 0 Å². The molecule has 162 valence electrons. The number of carbonyl (C=O) groups is 1. The van der Waals surface area contributed by atoms with Crippen LogP contribution in [0, 0.1) is 0 Å². The Bertz CT molecular complexity index is 1380. The molecule has 4 aromatic rings. The Balaban J connectivity index is 1.72. The second kappa shape index (κ2) is 8.86. The highest BCUT2D eigenvalue weighted by molar-refractivity contribution is 6.36. The number of aromatic nitrogens is 3. The summed E-state index contributed by atoms with van der Waals surface area (Å²) < 4.78 is 6.67. The predicted octanol–water partition coefficient (Wildman–Crippen LogP) is 4.11. The van der Waals surface area contributed by atoms with Gasteiger partial charge in [0.05, 0.1) is 41.6 Å². The highest BCUT2D eigenvalue weighted by Gasteiger charge is 2.17. The average Bonchev–Trinajstić information content (AvgIpc) is 2.79. The number of hydrogen-bond acceptors (Lipinski definition) is 6. The van der Waals surface area contributed by atoms with Gasteiger partial charge < -0.3 is 15.2 Å². The summed E-state index contributed by atoms with van der Waals surface area (Å²) in [4.78, 5) is 34.1. The SMILES string of the molecule is COc1cccc(Cn2cnc3cccc(NC(=O)c4cc(Cl)c(O)c(Cl)n4)c3c2=O)c1. The zero-order valence-corrected chi connectivity index (χ0v) is 18.2. The number of fused-ring (bicyclic) bond motifs is 1. The van der Waals surface area contributed by atoms with Gasteiger partial charge >= 0.3 is 0 Å². The number of amides is 1. The van der Waals surface area contributed by atoms with Gasteiger partial charge in [0.2, 0.25) is 0 Å². The van der Waals surface area contributed by atoms with Crippen molar-refractivity contribution in [1.29, 1.82) is 0 Å². The van der Waals surface area contributed by atoms with Crippen LogP contribution >= 0.6 is 23.2 Å². The Morgan fingerprint density at radius 3 is 2.72 bits per heavy atom. The Morgan fingerprint density at radius 2 is 1.97 bits per heavy atom. The predicted molar refractivity (Wildman–Crippen MR) is 122 cm³/mol. The number of aromatic hydroxyl groups is 1. The van der Waals surface area contributed by atoms with Gasteiger partial charge in [-0.3, -0.25) is 14.2 Å². The van der Waals surface area contributed by atoms with Crippen LogP contribution in [-0.4, -0.2) is 32.7 Å². The number of methoxy groups -OCH3 is 1. The van der Waals surface area contributed by atoms with Crippen molar-refractivity contribution >= 4 is 45.7 Å².